The molecule has 0 saturated carbocycles. The molecule has 0 radical (unpaired) electrons. The van der Waals surface area contributed by atoms with Crippen molar-refractivity contribution in [3.63, 3.8) is 0 Å². The number of hydrogen-bond donors (Lipinski definition) is 0. The monoisotopic (exact) mass is 582 g/mol. The number of benzene rings is 2. The summed E-state index contributed by atoms with van der Waals surface area (Å²) in [6.07, 6.45) is 7.29. The molecular formula is C30H35ClN4O4S. The minimum atomic E-state index is -0.708. The van der Waals surface area contributed by atoms with E-state index >= 15 is 0 Å². The minimum Gasteiger partial charge on any atom is -0.368 e. The van der Waals surface area contributed by atoms with Crippen LogP contribution >= 0.6 is 23.4 Å². The Balaban J connectivity index is 1.13. The zero-order valence-corrected chi connectivity index (χ0v) is 24.3. The molecule has 40 heavy (non-hydrogen) atoms. The highest BCUT2D eigenvalue weighted by Gasteiger charge is 2.41. The molecule has 212 valence electrons. The molecule has 0 bridgehead atoms. The fourth-order valence-electron chi connectivity index (χ4n) is 5.07. The summed E-state index contributed by atoms with van der Waals surface area (Å²) in [6.45, 7) is 5.43. The lowest BCUT2D eigenvalue weighted by Crippen LogP contribution is -2.50. The maximum absolute atomic E-state index is 12.2. The summed E-state index contributed by atoms with van der Waals surface area (Å²) in [5.41, 5.74) is 2.32. The number of Topliss-reactive ketones (excluding diaryl/α,β-unsaturated/α-hetero) is 1. The number of ether oxygens (including phenoxy) is 2. The molecule has 10 heteroatoms. The predicted octanol–water partition coefficient (Wildman–Crippen LogP) is 4.70. The van der Waals surface area contributed by atoms with Crippen molar-refractivity contribution >= 4 is 40.7 Å². The molecule has 1 aromatic heterocycles. The minimum absolute atomic E-state index is 0.0186. The Hall–Kier alpha value is -2.85. The predicted molar refractivity (Wildman–Crippen MR) is 157 cm³/mol. The molecule has 3 heterocycles. The largest absolute Gasteiger partial charge is 0.368 e. The Morgan fingerprint density at radius 1 is 1.07 bits per heavy atom. The Bertz CT molecular complexity index is 1260. The summed E-state index contributed by atoms with van der Waals surface area (Å²) in [6, 6.07) is 16.4. The van der Waals surface area contributed by atoms with E-state index in [-0.39, 0.29) is 24.2 Å². The first-order valence-corrected chi connectivity index (χ1v) is 15.1. The molecule has 1 amide bonds. The van der Waals surface area contributed by atoms with Crippen molar-refractivity contribution in [2.75, 3.05) is 43.4 Å². The van der Waals surface area contributed by atoms with Crippen molar-refractivity contribution < 1.29 is 19.1 Å². The van der Waals surface area contributed by atoms with E-state index in [4.69, 9.17) is 21.1 Å². The number of nitrogens with zero attached hydrogens (tertiary/aromatic N) is 4. The highest BCUT2D eigenvalue weighted by Crippen LogP contribution is 2.34. The van der Waals surface area contributed by atoms with E-state index in [1.807, 2.05) is 35.0 Å². The first-order valence-electron chi connectivity index (χ1n) is 13.7. The molecule has 0 N–H and O–H groups in total. The molecule has 0 spiro atoms. The van der Waals surface area contributed by atoms with Crippen molar-refractivity contribution in [2.24, 2.45) is 0 Å². The Labute approximate surface area is 244 Å². The zero-order valence-electron chi connectivity index (χ0n) is 22.7. The lowest BCUT2D eigenvalue weighted by atomic mass is 10.0. The number of halogens is 1. The van der Waals surface area contributed by atoms with Gasteiger partial charge in [0.2, 0.25) is 5.78 Å². The van der Waals surface area contributed by atoms with Gasteiger partial charge in [0.05, 0.1) is 25.6 Å². The smallest absolute Gasteiger partial charge is 0.290 e. The fourth-order valence-corrected chi connectivity index (χ4v) is 6.07. The topological polar surface area (TPSA) is 76.9 Å². The second kappa shape index (κ2) is 13.2. The van der Waals surface area contributed by atoms with Gasteiger partial charge in [-0.25, -0.2) is 4.98 Å². The number of carbonyl (C=O) groups excluding carboxylic acids is 2. The van der Waals surface area contributed by atoms with Crippen LogP contribution < -0.4 is 4.90 Å². The molecular weight excluding hydrogens is 548 g/mol. The SMILES string of the molecule is CCC(=O)C(=O)N1CCN(c2ccc(SC[C@@H]3CO[C@](CCc4ccc(Cl)cc4)(Cn4ccnc4)O3)cc2)CC1. The first kappa shape index (κ1) is 28.7. The lowest BCUT2D eigenvalue weighted by Gasteiger charge is -2.35. The highest BCUT2D eigenvalue weighted by molar-refractivity contribution is 7.99. The zero-order chi connectivity index (χ0) is 28.0. The van der Waals surface area contributed by atoms with Crippen molar-refractivity contribution in [3.8, 4) is 0 Å². The van der Waals surface area contributed by atoms with E-state index < -0.39 is 5.79 Å². The highest BCUT2D eigenvalue weighted by atomic mass is 35.5. The first-order chi connectivity index (χ1) is 19.4. The van der Waals surface area contributed by atoms with E-state index in [1.54, 1.807) is 36.1 Å². The molecule has 0 aliphatic carbocycles. The van der Waals surface area contributed by atoms with Gasteiger partial charge in [-0.15, -0.1) is 11.8 Å². The molecule has 8 nitrogen and oxygen atoms in total. The third-order valence-electron chi connectivity index (χ3n) is 7.37. The second-order valence-electron chi connectivity index (χ2n) is 10.2. The number of ketones is 1. The summed E-state index contributed by atoms with van der Waals surface area (Å²) >= 11 is 7.82. The summed E-state index contributed by atoms with van der Waals surface area (Å²) in [4.78, 5) is 33.2. The summed E-state index contributed by atoms with van der Waals surface area (Å²) in [5.74, 6) is -0.586. The number of hydrogen-bond acceptors (Lipinski definition) is 7. The van der Waals surface area contributed by atoms with Gasteiger partial charge in [-0.1, -0.05) is 30.7 Å². The van der Waals surface area contributed by atoms with Gasteiger partial charge in [-0.3, -0.25) is 9.59 Å². The lowest BCUT2D eigenvalue weighted by molar-refractivity contribution is -0.180. The maximum atomic E-state index is 12.2. The molecule has 2 saturated heterocycles. The third kappa shape index (κ3) is 7.26. The fraction of sp³-hybridized carbons (Fsp3) is 0.433. The van der Waals surface area contributed by atoms with Crippen LogP contribution in [0.5, 0.6) is 0 Å². The van der Waals surface area contributed by atoms with Gasteiger partial charge >= 0.3 is 0 Å². The molecule has 0 unspecified atom stereocenters. The van der Waals surface area contributed by atoms with Gasteiger partial charge in [0.25, 0.3) is 5.91 Å². The Morgan fingerprint density at radius 3 is 2.50 bits per heavy atom. The number of aromatic nitrogens is 2. The second-order valence-corrected chi connectivity index (χ2v) is 11.7. The average molecular weight is 583 g/mol. The van der Waals surface area contributed by atoms with Crippen LogP contribution in [0.4, 0.5) is 5.69 Å². The molecule has 2 fully saturated rings. The number of carbonyl (C=O) groups is 2. The summed E-state index contributed by atoms with van der Waals surface area (Å²) in [7, 11) is 0. The van der Waals surface area contributed by atoms with Crippen molar-refractivity contribution in [3.05, 3.63) is 77.8 Å². The Kier molecular flexibility index (Phi) is 9.47. The standard InChI is InChI=1S/C30H35ClN4O4S/c1-2-28(36)29(37)35-17-15-34(16-18-35)25-7-9-27(10-8-25)40-20-26-19-38-30(39-26,21-33-14-13-32-22-33)12-11-23-3-5-24(31)6-4-23/h3-10,13-14,22,26H,2,11-12,15-21H2,1H3/t26-,30-/m0/s1. The van der Waals surface area contributed by atoms with Crippen LogP contribution in [0.1, 0.15) is 25.3 Å². The van der Waals surface area contributed by atoms with Crippen molar-refractivity contribution in [2.45, 2.75) is 49.5 Å². The van der Waals surface area contributed by atoms with Crippen molar-refractivity contribution in [1.29, 1.82) is 0 Å². The van der Waals surface area contributed by atoms with Gasteiger partial charge in [0.15, 0.2) is 5.79 Å². The maximum Gasteiger partial charge on any atom is 0.290 e. The van der Waals surface area contributed by atoms with Crippen LogP contribution in [0.2, 0.25) is 5.02 Å². The third-order valence-corrected chi connectivity index (χ3v) is 8.76. The van der Waals surface area contributed by atoms with Crippen LogP contribution in [-0.2, 0) is 32.0 Å². The average Bonchev–Trinajstić information content (AvgIpc) is 3.66. The molecule has 2 aliphatic heterocycles. The van der Waals surface area contributed by atoms with Gasteiger partial charge in [0, 0.05) is 72.8 Å². The van der Waals surface area contributed by atoms with Crippen LogP contribution in [0.15, 0.2) is 72.1 Å². The number of thioether (sulfide) groups is 1. The molecule has 2 atom stereocenters. The van der Waals surface area contributed by atoms with E-state index in [0.717, 1.165) is 42.4 Å². The van der Waals surface area contributed by atoms with Gasteiger partial charge in [-0.2, -0.15) is 0 Å². The van der Waals surface area contributed by atoms with Crippen LogP contribution in [0.3, 0.4) is 0 Å². The van der Waals surface area contributed by atoms with Crippen molar-refractivity contribution in [1.82, 2.24) is 14.5 Å². The number of amides is 1. The molecule has 5 rings (SSSR count). The summed E-state index contributed by atoms with van der Waals surface area (Å²) in [5, 5.41) is 0.731. The van der Waals surface area contributed by atoms with Gasteiger partial charge in [-0.05, 0) is 48.4 Å². The summed E-state index contributed by atoms with van der Waals surface area (Å²) < 4.78 is 14.9. The number of imidazole rings is 1. The van der Waals surface area contributed by atoms with E-state index in [0.29, 0.717) is 26.2 Å². The van der Waals surface area contributed by atoms with Gasteiger partial charge < -0.3 is 23.8 Å². The van der Waals surface area contributed by atoms with Crippen LogP contribution in [-0.4, -0.2) is 76.6 Å². The van der Waals surface area contributed by atoms with E-state index in [2.05, 4.69) is 34.1 Å². The number of anilines is 1. The molecule has 3 aromatic rings. The Morgan fingerprint density at radius 2 is 1.82 bits per heavy atom. The normalized spacial score (nSPS) is 21.1. The van der Waals surface area contributed by atoms with Crippen LogP contribution in [0.25, 0.3) is 0 Å². The van der Waals surface area contributed by atoms with Gasteiger partial charge in [0.1, 0.15) is 0 Å². The molecule has 2 aromatic carbocycles. The number of piperazine rings is 1. The van der Waals surface area contributed by atoms with Crippen LogP contribution in [0, 0.1) is 0 Å². The molecule has 2 aliphatic rings. The quantitative estimate of drug-likeness (QED) is 0.240. The number of aryl methyl sites for hydroxylation is 1. The van der Waals surface area contributed by atoms with E-state index in [1.165, 1.54) is 10.5 Å². The number of rotatable bonds is 11. The van der Waals surface area contributed by atoms with E-state index in [9.17, 15) is 9.59 Å².